The summed E-state index contributed by atoms with van der Waals surface area (Å²) in [5.41, 5.74) is 0. The topological polar surface area (TPSA) is 52.7 Å². The molecule has 0 aromatic carbocycles. The molecule has 0 aliphatic carbocycles. The van der Waals surface area contributed by atoms with E-state index in [-0.39, 0.29) is 30.8 Å². The summed E-state index contributed by atoms with van der Waals surface area (Å²) in [5.74, 6) is -0.0235. The van der Waals surface area contributed by atoms with Crippen LogP contribution in [0.2, 0.25) is 0 Å². The first-order chi connectivity index (χ1) is 10.1. The van der Waals surface area contributed by atoms with Crippen molar-refractivity contribution in [3.63, 3.8) is 0 Å². The molecule has 3 heterocycles. The second-order valence-corrected chi connectivity index (χ2v) is 6.85. The third-order valence-corrected chi connectivity index (χ3v) is 5.18. The molecule has 2 aliphatic heterocycles. The Balaban J connectivity index is 0.00000176. The molecule has 2 saturated heterocycles. The zero-order valence-electron chi connectivity index (χ0n) is 12.7. The Hall–Kier alpha value is -1.11. The van der Waals surface area contributed by atoms with E-state index in [2.05, 4.69) is 5.32 Å². The monoisotopic (exact) mass is 343 g/mol. The fourth-order valence-corrected chi connectivity index (χ4v) is 3.85. The van der Waals surface area contributed by atoms with Crippen LogP contribution in [0.15, 0.2) is 17.5 Å². The second kappa shape index (κ2) is 7.44. The maximum Gasteiger partial charge on any atom is 0.264 e. The van der Waals surface area contributed by atoms with Gasteiger partial charge in [-0.05, 0) is 30.7 Å². The number of carbonyl (C=O) groups is 2. The molecule has 5 nitrogen and oxygen atoms in total. The smallest absolute Gasteiger partial charge is 0.264 e. The molecule has 2 unspecified atom stereocenters. The fraction of sp³-hybridized carbons (Fsp3) is 0.600. The van der Waals surface area contributed by atoms with Crippen LogP contribution in [0.1, 0.15) is 28.9 Å². The largest absolute Gasteiger partial charge is 0.340 e. The summed E-state index contributed by atoms with van der Waals surface area (Å²) in [4.78, 5) is 28.7. The number of likely N-dealkylation sites (N-methyl/N-ethyl adjacent to an activating group) is 1. The molecule has 122 valence electrons. The highest BCUT2D eigenvalue weighted by atomic mass is 35.5. The van der Waals surface area contributed by atoms with Gasteiger partial charge >= 0.3 is 0 Å². The van der Waals surface area contributed by atoms with Gasteiger partial charge in [0.2, 0.25) is 5.91 Å². The number of carbonyl (C=O) groups excluding carboxylic acids is 2. The molecule has 1 N–H and O–H groups in total. The second-order valence-electron chi connectivity index (χ2n) is 5.90. The Morgan fingerprint density at radius 1 is 1.36 bits per heavy atom. The molecule has 22 heavy (non-hydrogen) atoms. The van der Waals surface area contributed by atoms with Gasteiger partial charge in [0, 0.05) is 32.2 Å². The highest BCUT2D eigenvalue weighted by Crippen LogP contribution is 2.20. The molecule has 2 atom stereocenters. The van der Waals surface area contributed by atoms with Crippen molar-refractivity contribution in [1.29, 1.82) is 0 Å². The minimum absolute atomic E-state index is 0. The Kier molecular flexibility index (Phi) is 5.83. The van der Waals surface area contributed by atoms with Crippen LogP contribution in [-0.2, 0) is 4.79 Å². The van der Waals surface area contributed by atoms with Crippen molar-refractivity contribution in [2.75, 3.05) is 26.7 Å². The number of amides is 2. The molecular weight excluding hydrogens is 322 g/mol. The zero-order valence-corrected chi connectivity index (χ0v) is 14.3. The van der Waals surface area contributed by atoms with E-state index in [0.29, 0.717) is 17.0 Å². The molecule has 3 rings (SSSR count). The Labute approximate surface area is 141 Å². The van der Waals surface area contributed by atoms with Gasteiger partial charge in [-0.15, -0.1) is 23.7 Å². The summed E-state index contributed by atoms with van der Waals surface area (Å²) >= 11 is 1.41. The first kappa shape index (κ1) is 17.2. The average molecular weight is 344 g/mol. The van der Waals surface area contributed by atoms with Crippen LogP contribution in [0.5, 0.6) is 0 Å². The Bertz CT molecular complexity index is 523. The molecule has 0 radical (unpaired) electrons. The van der Waals surface area contributed by atoms with E-state index in [1.165, 1.54) is 22.7 Å². The summed E-state index contributed by atoms with van der Waals surface area (Å²) < 4.78 is 0. The number of fused-ring (bicyclic) bond motifs is 2. The molecule has 0 saturated carbocycles. The van der Waals surface area contributed by atoms with Crippen molar-refractivity contribution < 1.29 is 9.59 Å². The summed E-state index contributed by atoms with van der Waals surface area (Å²) in [7, 11) is 1.70. The van der Waals surface area contributed by atoms with Crippen molar-refractivity contribution in [2.24, 2.45) is 0 Å². The van der Waals surface area contributed by atoms with Crippen LogP contribution < -0.4 is 5.32 Å². The van der Waals surface area contributed by atoms with Crippen LogP contribution in [0, 0.1) is 0 Å². The van der Waals surface area contributed by atoms with Crippen LogP contribution in [0.4, 0.5) is 0 Å². The van der Waals surface area contributed by atoms with E-state index >= 15 is 0 Å². The predicted octanol–water partition coefficient (Wildman–Crippen LogP) is 1.59. The van der Waals surface area contributed by atoms with Gasteiger partial charge in [-0.3, -0.25) is 9.59 Å². The molecule has 1 aromatic rings. The van der Waals surface area contributed by atoms with Gasteiger partial charge in [-0.1, -0.05) is 6.07 Å². The van der Waals surface area contributed by atoms with E-state index < -0.39 is 0 Å². The number of nitrogens with one attached hydrogen (secondary N) is 1. The van der Waals surface area contributed by atoms with Crippen LogP contribution in [0.25, 0.3) is 0 Å². The van der Waals surface area contributed by atoms with Gasteiger partial charge in [0.1, 0.15) is 0 Å². The minimum atomic E-state index is -0.0761. The van der Waals surface area contributed by atoms with Gasteiger partial charge in [-0.2, -0.15) is 0 Å². The first-order valence-corrected chi connectivity index (χ1v) is 8.34. The normalized spacial score (nSPS) is 23.6. The van der Waals surface area contributed by atoms with Crippen molar-refractivity contribution in [3.8, 4) is 0 Å². The summed E-state index contributed by atoms with van der Waals surface area (Å²) in [6.07, 6.45) is 3.40. The summed E-state index contributed by atoms with van der Waals surface area (Å²) in [6.45, 7) is 1.73. The van der Waals surface area contributed by atoms with Crippen molar-refractivity contribution >= 4 is 35.6 Å². The van der Waals surface area contributed by atoms with Gasteiger partial charge in [0.05, 0.1) is 11.4 Å². The third kappa shape index (κ3) is 3.80. The quantitative estimate of drug-likeness (QED) is 0.907. The van der Waals surface area contributed by atoms with E-state index in [4.69, 9.17) is 0 Å². The molecule has 2 amide bonds. The summed E-state index contributed by atoms with van der Waals surface area (Å²) in [5, 5.41) is 5.44. The summed E-state index contributed by atoms with van der Waals surface area (Å²) in [6, 6.07) is 4.64. The zero-order chi connectivity index (χ0) is 14.8. The number of hydrogen-bond donors (Lipinski definition) is 1. The van der Waals surface area contributed by atoms with Crippen LogP contribution in [-0.4, -0.2) is 60.4 Å². The fourth-order valence-electron chi connectivity index (χ4n) is 3.13. The maximum atomic E-state index is 12.4. The molecular formula is C15H22ClN3O2S. The number of nitrogens with zero attached hydrogens (tertiary/aromatic N) is 2. The van der Waals surface area contributed by atoms with Crippen molar-refractivity contribution in [1.82, 2.24) is 15.1 Å². The van der Waals surface area contributed by atoms with Gasteiger partial charge in [-0.25, -0.2) is 0 Å². The van der Waals surface area contributed by atoms with E-state index in [0.717, 1.165) is 25.9 Å². The number of rotatable bonds is 3. The third-order valence-electron chi connectivity index (χ3n) is 4.33. The molecule has 2 fully saturated rings. The first-order valence-electron chi connectivity index (χ1n) is 7.46. The number of halogens is 1. The van der Waals surface area contributed by atoms with E-state index in [1.807, 2.05) is 16.3 Å². The highest BCUT2D eigenvalue weighted by molar-refractivity contribution is 7.12. The molecule has 1 aromatic heterocycles. The predicted molar refractivity (Wildman–Crippen MR) is 89.7 cm³/mol. The lowest BCUT2D eigenvalue weighted by molar-refractivity contribution is -0.131. The molecule has 2 bridgehead atoms. The molecule has 2 aliphatic rings. The Morgan fingerprint density at radius 2 is 2.14 bits per heavy atom. The van der Waals surface area contributed by atoms with E-state index in [1.54, 1.807) is 13.1 Å². The maximum absolute atomic E-state index is 12.4. The number of hydrogen-bond acceptors (Lipinski definition) is 4. The molecule has 7 heteroatoms. The SMILES string of the molecule is CN(CC(=O)N1CCC2CCC(C1)N2)C(=O)c1cccs1.Cl. The van der Waals surface area contributed by atoms with Crippen molar-refractivity contribution in [2.45, 2.75) is 31.3 Å². The van der Waals surface area contributed by atoms with Crippen LogP contribution >= 0.6 is 23.7 Å². The van der Waals surface area contributed by atoms with Gasteiger partial charge in [0.15, 0.2) is 0 Å². The average Bonchev–Trinajstić information content (AvgIpc) is 3.07. The van der Waals surface area contributed by atoms with Crippen LogP contribution in [0.3, 0.4) is 0 Å². The number of thiophene rings is 1. The Morgan fingerprint density at radius 3 is 2.86 bits per heavy atom. The number of likely N-dealkylation sites (tertiary alicyclic amines) is 1. The highest BCUT2D eigenvalue weighted by Gasteiger charge is 2.31. The van der Waals surface area contributed by atoms with Gasteiger partial charge in [0.25, 0.3) is 5.91 Å². The lowest BCUT2D eigenvalue weighted by Crippen LogP contribution is -2.44. The lowest BCUT2D eigenvalue weighted by atomic mass is 10.1. The lowest BCUT2D eigenvalue weighted by Gasteiger charge is -2.26. The van der Waals surface area contributed by atoms with Crippen molar-refractivity contribution in [3.05, 3.63) is 22.4 Å². The van der Waals surface area contributed by atoms with Gasteiger partial charge < -0.3 is 15.1 Å². The van der Waals surface area contributed by atoms with E-state index in [9.17, 15) is 9.59 Å². The minimum Gasteiger partial charge on any atom is -0.340 e. The standard InChI is InChI=1S/C15H21N3O2S.ClH/c1-17(15(20)13-3-2-8-21-13)10-14(19)18-7-6-11-4-5-12(9-18)16-11;/h2-3,8,11-12,16H,4-7,9-10H2,1H3;1H. The molecule has 0 spiro atoms.